The lowest BCUT2D eigenvalue weighted by Gasteiger charge is -2.26. The number of carbonyl (C=O) groups is 3. The van der Waals surface area contributed by atoms with Gasteiger partial charge in [-0.3, -0.25) is 4.79 Å². The van der Waals surface area contributed by atoms with Crippen LogP contribution in [0.1, 0.15) is 26.2 Å². The first-order chi connectivity index (χ1) is 9.77. The van der Waals surface area contributed by atoms with Gasteiger partial charge < -0.3 is 26.0 Å². The van der Waals surface area contributed by atoms with E-state index in [1.165, 1.54) is 0 Å². The first-order valence-electron chi connectivity index (χ1n) is 6.99. The third-order valence-electron chi connectivity index (χ3n) is 2.87. The molecule has 1 atom stereocenters. The fraction of sp³-hybridized carbons (Fsp3) is 0.769. The smallest absolute Gasteiger partial charge is 0.326 e. The topological polar surface area (TPSA) is 116 Å². The third kappa shape index (κ3) is 8.85. The third-order valence-corrected chi connectivity index (χ3v) is 2.87. The quantitative estimate of drug-likeness (QED) is 0.512. The van der Waals surface area contributed by atoms with Crippen LogP contribution in [0, 0.1) is 0 Å². The summed E-state index contributed by atoms with van der Waals surface area (Å²) in [6.45, 7) is 3.68. The predicted molar refractivity (Wildman–Crippen MR) is 78.8 cm³/mol. The van der Waals surface area contributed by atoms with Gasteiger partial charge in [0.1, 0.15) is 6.04 Å². The molecule has 0 aromatic rings. The van der Waals surface area contributed by atoms with E-state index >= 15 is 0 Å². The van der Waals surface area contributed by atoms with Crippen LogP contribution in [0.4, 0.5) is 4.79 Å². The minimum Gasteiger partial charge on any atom is -0.480 e. The minimum atomic E-state index is -1.17. The van der Waals surface area contributed by atoms with Crippen LogP contribution in [-0.2, 0) is 9.59 Å². The number of carboxylic acid groups (broad SMARTS) is 1. The molecule has 0 aromatic heterocycles. The van der Waals surface area contributed by atoms with Gasteiger partial charge in [-0.05, 0) is 26.9 Å². The Labute approximate surface area is 125 Å². The highest BCUT2D eigenvalue weighted by molar-refractivity contribution is 5.83. The number of nitrogens with zero attached hydrogens (tertiary/aromatic N) is 2. The highest BCUT2D eigenvalue weighted by atomic mass is 16.4. The van der Waals surface area contributed by atoms with E-state index in [9.17, 15) is 14.4 Å². The maximum atomic E-state index is 12.1. The van der Waals surface area contributed by atoms with Gasteiger partial charge in [-0.15, -0.1) is 0 Å². The molecule has 8 nitrogen and oxygen atoms in total. The standard InChI is InChI=1S/C13H26N4O4/c1-4-7-17(9-8-16(2)3)13(21)15-10(12(19)20)5-6-11(14)18/h10H,4-9H2,1-3H3,(H2,14,18)(H,15,21)(H,19,20)/t10-/m0/s1. The first-order valence-corrected chi connectivity index (χ1v) is 6.99. The number of urea groups is 1. The number of likely N-dealkylation sites (N-methyl/N-ethyl adjacent to an activating group) is 1. The number of rotatable bonds is 10. The van der Waals surface area contributed by atoms with Gasteiger partial charge in [0.15, 0.2) is 0 Å². The molecular formula is C13H26N4O4. The van der Waals surface area contributed by atoms with Crippen molar-refractivity contribution in [2.45, 2.75) is 32.2 Å². The average molecular weight is 302 g/mol. The zero-order valence-electron chi connectivity index (χ0n) is 13.0. The molecule has 0 heterocycles. The Morgan fingerprint density at radius 2 is 1.81 bits per heavy atom. The fourth-order valence-corrected chi connectivity index (χ4v) is 1.69. The molecule has 0 spiro atoms. The Morgan fingerprint density at radius 1 is 1.19 bits per heavy atom. The summed E-state index contributed by atoms with van der Waals surface area (Å²) in [5.74, 6) is -1.76. The summed E-state index contributed by atoms with van der Waals surface area (Å²) in [5, 5.41) is 11.5. The molecule has 0 fully saturated rings. The number of carboxylic acids is 1. The summed E-state index contributed by atoms with van der Waals surface area (Å²) >= 11 is 0. The zero-order valence-corrected chi connectivity index (χ0v) is 13.0. The Bertz CT molecular complexity index is 360. The predicted octanol–water partition coefficient (Wildman–Crippen LogP) is -0.312. The minimum absolute atomic E-state index is 0.00987. The van der Waals surface area contributed by atoms with E-state index in [-0.39, 0.29) is 12.8 Å². The summed E-state index contributed by atoms with van der Waals surface area (Å²) in [5.41, 5.74) is 5.00. The van der Waals surface area contributed by atoms with Gasteiger partial charge in [-0.1, -0.05) is 6.92 Å². The molecule has 8 heteroatoms. The molecule has 0 aliphatic carbocycles. The van der Waals surface area contributed by atoms with Crippen LogP contribution in [0.5, 0.6) is 0 Å². The van der Waals surface area contributed by atoms with E-state index in [4.69, 9.17) is 10.8 Å². The molecule has 0 radical (unpaired) electrons. The van der Waals surface area contributed by atoms with Crippen LogP contribution in [0.2, 0.25) is 0 Å². The Balaban J connectivity index is 4.58. The van der Waals surface area contributed by atoms with Crippen molar-refractivity contribution in [3.05, 3.63) is 0 Å². The summed E-state index contributed by atoms with van der Waals surface area (Å²) in [4.78, 5) is 37.5. The van der Waals surface area contributed by atoms with E-state index in [2.05, 4.69) is 5.32 Å². The highest BCUT2D eigenvalue weighted by Gasteiger charge is 2.23. The summed E-state index contributed by atoms with van der Waals surface area (Å²) < 4.78 is 0. The van der Waals surface area contributed by atoms with Crippen molar-refractivity contribution in [3.8, 4) is 0 Å². The van der Waals surface area contributed by atoms with Crippen molar-refractivity contribution in [2.75, 3.05) is 33.7 Å². The molecule has 122 valence electrons. The highest BCUT2D eigenvalue weighted by Crippen LogP contribution is 2.01. The second kappa shape index (κ2) is 9.98. The number of hydrogen-bond donors (Lipinski definition) is 3. The molecule has 21 heavy (non-hydrogen) atoms. The molecule has 0 aromatic carbocycles. The monoisotopic (exact) mass is 302 g/mol. The van der Waals surface area contributed by atoms with Crippen molar-refractivity contribution in [3.63, 3.8) is 0 Å². The Morgan fingerprint density at radius 3 is 2.24 bits per heavy atom. The normalized spacial score (nSPS) is 12.0. The van der Waals surface area contributed by atoms with Crippen LogP contribution in [0.3, 0.4) is 0 Å². The number of nitrogens with one attached hydrogen (secondary N) is 1. The van der Waals surface area contributed by atoms with Gasteiger partial charge >= 0.3 is 12.0 Å². The first kappa shape index (κ1) is 19.2. The average Bonchev–Trinajstić information content (AvgIpc) is 2.38. The van der Waals surface area contributed by atoms with E-state index in [0.29, 0.717) is 19.6 Å². The summed E-state index contributed by atoms with van der Waals surface area (Å²) in [6, 6.07) is -1.54. The van der Waals surface area contributed by atoms with Gasteiger partial charge in [-0.25, -0.2) is 9.59 Å². The van der Waals surface area contributed by atoms with Crippen molar-refractivity contribution in [1.29, 1.82) is 0 Å². The number of aliphatic carboxylic acids is 1. The molecule has 0 aliphatic rings. The Hall–Kier alpha value is -1.83. The zero-order chi connectivity index (χ0) is 16.4. The van der Waals surface area contributed by atoms with Crippen LogP contribution >= 0.6 is 0 Å². The maximum Gasteiger partial charge on any atom is 0.326 e. The molecule has 4 N–H and O–H groups in total. The van der Waals surface area contributed by atoms with Crippen molar-refractivity contribution >= 4 is 17.9 Å². The van der Waals surface area contributed by atoms with Crippen molar-refractivity contribution in [2.24, 2.45) is 5.73 Å². The van der Waals surface area contributed by atoms with Crippen LogP contribution < -0.4 is 11.1 Å². The van der Waals surface area contributed by atoms with E-state index < -0.39 is 23.9 Å². The molecule has 0 saturated heterocycles. The number of primary amides is 1. The number of nitrogens with two attached hydrogens (primary N) is 1. The largest absolute Gasteiger partial charge is 0.480 e. The van der Waals surface area contributed by atoms with E-state index in [0.717, 1.165) is 6.42 Å². The van der Waals surface area contributed by atoms with Crippen LogP contribution in [0.15, 0.2) is 0 Å². The lowest BCUT2D eigenvalue weighted by Crippen LogP contribution is -2.49. The van der Waals surface area contributed by atoms with Gasteiger partial charge in [0.05, 0.1) is 0 Å². The molecule has 0 rings (SSSR count). The van der Waals surface area contributed by atoms with Crippen LogP contribution in [-0.4, -0.2) is 72.6 Å². The molecule has 0 unspecified atom stereocenters. The molecular weight excluding hydrogens is 276 g/mol. The van der Waals surface area contributed by atoms with E-state index in [1.54, 1.807) is 4.90 Å². The van der Waals surface area contributed by atoms with Gasteiger partial charge in [-0.2, -0.15) is 0 Å². The lowest BCUT2D eigenvalue weighted by molar-refractivity contribution is -0.139. The van der Waals surface area contributed by atoms with Crippen LogP contribution in [0.25, 0.3) is 0 Å². The number of hydrogen-bond acceptors (Lipinski definition) is 4. The molecule has 0 bridgehead atoms. The van der Waals surface area contributed by atoms with E-state index in [1.807, 2.05) is 25.9 Å². The number of carbonyl (C=O) groups excluding carboxylic acids is 2. The van der Waals surface area contributed by atoms with Gasteiger partial charge in [0.2, 0.25) is 5.91 Å². The fourth-order valence-electron chi connectivity index (χ4n) is 1.69. The van der Waals surface area contributed by atoms with Crippen molar-refractivity contribution < 1.29 is 19.5 Å². The second-order valence-corrected chi connectivity index (χ2v) is 5.14. The molecule has 0 aliphatic heterocycles. The molecule has 0 saturated carbocycles. The number of amides is 3. The van der Waals surface area contributed by atoms with Gasteiger partial charge in [0.25, 0.3) is 0 Å². The molecule has 3 amide bonds. The summed E-state index contributed by atoms with van der Waals surface area (Å²) in [6.07, 6.45) is 0.687. The van der Waals surface area contributed by atoms with Gasteiger partial charge in [0, 0.05) is 26.1 Å². The maximum absolute atomic E-state index is 12.1. The lowest BCUT2D eigenvalue weighted by atomic mass is 10.1. The van der Waals surface area contributed by atoms with Crippen molar-refractivity contribution in [1.82, 2.24) is 15.1 Å². The Kier molecular flexibility index (Phi) is 9.11. The second-order valence-electron chi connectivity index (χ2n) is 5.14. The SMILES string of the molecule is CCCN(CCN(C)C)C(=O)N[C@@H](CCC(N)=O)C(=O)O. The summed E-state index contributed by atoms with van der Waals surface area (Å²) in [7, 11) is 3.80.